The van der Waals surface area contributed by atoms with E-state index in [1.54, 1.807) is 0 Å². The molecular weight excluding hydrogens is 189 g/mol. The van der Waals surface area contributed by atoms with E-state index in [0.717, 1.165) is 0 Å². The molecule has 76 valence electrons. The average molecular weight is 198 g/mol. The van der Waals surface area contributed by atoms with E-state index in [1.807, 2.05) is 0 Å². The Kier molecular flexibility index (Phi) is 2.27. The molecule has 1 aliphatic carbocycles. The zero-order valence-corrected chi connectivity index (χ0v) is 6.64. The van der Waals surface area contributed by atoms with Gasteiger partial charge in [-0.2, -0.15) is 13.2 Å². The van der Waals surface area contributed by atoms with Gasteiger partial charge in [0.25, 0.3) is 0 Å². The molecule has 0 aromatic carbocycles. The molecule has 1 unspecified atom stereocenters. The average Bonchev–Trinajstić information content (AvgIpc) is 2.66. The van der Waals surface area contributed by atoms with Crippen LogP contribution in [0.15, 0.2) is 0 Å². The molecule has 0 heterocycles. The van der Waals surface area contributed by atoms with Crippen molar-refractivity contribution in [2.45, 2.75) is 31.5 Å². The summed E-state index contributed by atoms with van der Waals surface area (Å²) in [5.41, 5.74) is -1.32. The number of carboxylic acids is 1. The highest BCUT2D eigenvalue weighted by Gasteiger charge is 2.55. The summed E-state index contributed by atoms with van der Waals surface area (Å²) in [4.78, 5) is 10.5. The van der Waals surface area contributed by atoms with E-state index in [1.165, 1.54) is 0 Å². The minimum atomic E-state index is -4.72. The standard InChI is InChI=1S/C7H9F3O3/c8-7(9,10)4(11)3-6(1-2-6)5(12)13/h4,11H,1-3H2,(H,12,13). The fraction of sp³-hybridized carbons (Fsp3) is 0.857. The minimum absolute atomic E-state index is 0.218. The number of hydrogen-bond acceptors (Lipinski definition) is 2. The van der Waals surface area contributed by atoms with Gasteiger partial charge >= 0.3 is 12.1 Å². The SMILES string of the molecule is O=C(O)C1(CC(O)C(F)(F)F)CC1. The van der Waals surface area contributed by atoms with Crippen molar-refractivity contribution in [2.75, 3.05) is 0 Å². The molecule has 0 aromatic rings. The number of rotatable bonds is 3. The van der Waals surface area contributed by atoms with E-state index < -0.39 is 30.1 Å². The van der Waals surface area contributed by atoms with Gasteiger partial charge in [0, 0.05) is 0 Å². The Labute approximate surface area is 72.2 Å². The van der Waals surface area contributed by atoms with Gasteiger partial charge in [-0.1, -0.05) is 0 Å². The zero-order chi connectivity index (χ0) is 10.3. The highest BCUT2D eigenvalue weighted by Crippen LogP contribution is 2.51. The van der Waals surface area contributed by atoms with Crippen molar-refractivity contribution in [2.24, 2.45) is 5.41 Å². The van der Waals surface area contributed by atoms with Crippen LogP contribution in [0.25, 0.3) is 0 Å². The summed E-state index contributed by atoms with van der Waals surface area (Å²) in [6.45, 7) is 0. The third-order valence-corrected chi connectivity index (χ3v) is 2.27. The molecule has 0 bridgehead atoms. The summed E-state index contributed by atoms with van der Waals surface area (Å²) in [7, 11) is 0. The first-order valence-corrected chi connectivity index (χ1v) is 3.76. The lowest BCUT2D eigenvalue weighted by atomic mass is 9.98. The second-order valence-electron chi connectivity index (χ2n) is 3.35. The van der Waals surface area contributed by atoms with Crippen molar-refractivity contribution < 1.29 is 28.2 Å². The van der Waals surface area contributed by atoms with E-state index in [0.29, 0.717) is 0 Å². The smallest absolute Gasteiger partial charge is 0.414 e. The van der Waals surface area contributed by atoms with Crippen LogP contribution in [-0.2, 0) is 4.79 Å². The van der Waals surface area contributed by atoms with Gasteiger partial charge in [0.2, 0.25) is 0 Å². The predicted molar refractivity (Wildman–Crippen MR) is 36.0 cm³/mol. The second-order valence-corrected chi connectivity index (χ2v) is 3.35. The topological polar surface area (TPSA) is 57.5 Å². The largest absolute Gasteiger partial charge is 0.481 e. The van der Waals surface area contributed by atoms with Crippen LogP contribution in [0.1, 0.15) is 19.3 Å². The quantitative estimate of drug-likeness (QED) is 0.715. The van der Waals surface area contributed by atoms with Crippen LogP contribution in [0.4, 0.5) is 13.2 Å². The number of aliphatic hydroxyl groups is 1. The number of halogens is 3. The van der Waals surface area contributed by atoms with Crippen LogP contribution >= 0.6 is 0 Å². The Morgan fingerprint density at radius 3 is 2.15 bits per heavy atom. The van der Waals surface area contributed by atoms with Gasteiger partial charge in [0.1, 0.15) is 0 Å². The van der Waals surface area contributed by atoms with E-state index >= 15 is 0 Å². The van der Waals surface area contributed by atoms with Gasteiger partial charge in [-0.25, -0.2) is 0 Å². The first-order valence-electron chi connectivity index (χ1n) is 3.76. The lowest BCUT2D eigenvalue weighted by Gasteiger charge is -2.17. The summed E-state index contributed by atoms with van der Waals surface area (Å²) >= 11 is 0. The molecule has 0 aliphatic heterocycles. The summed E-state index contributed by atoms with van der Waals surface area (Å²) in [6.07, 6.45) is -7.53. The van der Waals surface area contributed by atoms with Crippen LogP contribution in [0.3, 0.4) is 0 Å². The Balaban J connectivity index is 2.55. The number of carbonyl (C=O) groups is 1. The number of hydrogen-bond donors (Lipinski definition) is 2. The van der Waals surface area contributed by atoms with Crippen LogP contribution in [0, 0.1) is 5.41 Å². The van der Waals surface area contributed by atoms with Gasteiger partial charge in [0.05, 0.1) is 5.41 Å². The van der Waals surface area contributed by atoms with E-state index in [2.05, 4.69) is 0 Å². The van der Waals surface area contributed by atoms with Crippen molar-refractivity contribution >= 4 is 5.97 Å². The molecule has 0 radical (unpaired) electrons. The summed E-state index contributed by atoms with van der Waals surface area (Å²) < 4.78 is 35.5. The maximum Gasteiger partial charge on any atom is 0.414 e. The summed E-state index contributed by atoms with van der Waals surface area (Å²) in [5.74, 6) is -1.25. The van der Waals surface area contributed by atoms with E-state index in [4.69, 9.17) is 10.2 Å². The van der Waals surface area contributed by atoms with Gasteiger partial charge < -0.3 is 10.2 Å². The van der Waals surface area contributed by atoms with Crippen LogP contribution in [0.5, 0.6) is 0 Å². The minimum Gasteiger partial charge on any atom is -0.481 e. The molecule has 1 atom stereocenters. The number of carboxylic acid groups (broad SMARTS) is 1. The molecule has 1 saturated carbocycles. The molecule has 3 nitrogen and oxygen atoms in total. The molecule has 6 heteroatoms. The predicted octanol–water partition coefficient (Wildman–Crippen LogP) is 1.16. The Morgan fingerprint density at radius 2 is 1.92 bits per heavy atom. The van der Waals surface area contributed by atoms with Crippen molar-refractivity contribution in [3.63, 3.8) is 0 Å². The third kappa shape index (κ3) is 2.12. The Hall–Kier alpha value is -0.780. The molecule has 2 N–H and O–H groups in total. The van der Waals surface area contributed by atoms with Crippen molar-refractivity contribution in [1.29, 1.82) is 0 Å². The first-order chi connectivity index (χ1) is 5.78. The summed E-state index contributed by atoms with van der Waals surface area (Å²) in [6, 6.07) is 0. The first kappa shape index (κ1) is 10.3. The maximum atomic E-state index is 11.8. The molecule has 1 aliphatic rings. The number of aliphatic carboxylic acids is 1. The fourth-order valence-corrected chi connectivity index (χ4v) is 1.14. The van der Waals surface area contributed by atoms with E-state index in [9.17, 15) is 18.0 Å². The highest BCUT2D eigenvalue weighted by atomic mass is 19.4. The van der Waals surface area contributed by atoms with Crippen LogP contribution in [-0.4, -0.2) is 28.5 Å². The van der Waals surface area contributed by atoms with Gasteiger partial charge in [-0.05, 0) is 19.3 Å². The Morgan fingerprint density at radius 1 is 1.46 bits per heavy atom. The molecule has 0 saturated heterocycles. The lowest BCUT2D eigenvalue weighted by molar-refractivity contribution is -0.210. The zero-order valence-electron chi connectivity index (χ0n) is 6.64. The fourth-order valence-electron chi connectivity index (χ4n) is 1.14. The molecule has 1 rings (SSSR count). The van der Waals surface area contributed by atoms with Crippen molar-refractivity contribution in [3.05, 3.63) is 0 Å². The molecule has 13 heavy (non-hydrogen) atoms. The van der Waals surface area contributed by atoms with Crippen LogP contribution in [0.2, 0.25) is 0 Å². The maximum absolute atomic E-state index is 11.8. The number of aliphatic hydroxyl groups excluding tert-OH is 1. The Bertz CT molecular complexity index is 220. The van der Waals surface area contributed by atoms with E-state index in [-0.39, 0.29) is 12.8 Å². The van der Waals surface area contributed by atoms with Gasteiger partial charge in [0.15, 0.2) is 6.10 Å². The third-order valence-electron chi connectivity index (χ3n) is 2.27. The highest BCUT2D eigenvalue weighted by molar-refractivity contribution is 5.77. The molecule has 0 spiro atoms. The molecule has 1 fully saturated rings. The molecule has 0 amide bonds. The van der Waals surface area contributed by atoms with Crippen molar-refractivity contribution in [3.8, 4) is 0 Å². The number of alkyl halides is 3. The van der Waals surface area contributed by atoms with Crippen LogP contribution < -0.4 is 0 Å². The van der Waals surface area contributed by atoms with Gasteiger partial charge in [-0.3, -0.25) is 4.79 Å². The summed E-state index contributed by atoms with van der Waals surface area (Å²) in [5, 5.41) is 17.2. The molecule has 0 aromatic heterocycles. The lowest BCUT2D eigenvalue weighted by Crippen LogP contribution is -2.33. The second kappa shape index (κ2) is 2.87. The molecular formula is C7H9F3O3. The monoisotopic (exact) mass is 198 g/mol. The van der Waals surface area contributed by atoms with Crippen molar-refractivity contribution in [1.82, 2.24) is 0 Å². The van der Waals surface area contributed by atoms with Gasteiger partial charge in [-0.15, -0.1) is 0 Å². The normalized spacial score (nSPS) is 22.5.